The summed E-state index contributed by atoms with van der Waals surface area (Å²) in [6.45, 7) is 1.08. The van der Waals surface area contributed by atoms with Gasteiger partial charge in [0, 0.05) is 18.9 Å². The molecule has 0 unspecified atom stereocenters. The standard InChI is InChI=1S/C19H25N5O.C2H4O2/c20-15-7-4-13(5-8-15)19-22-18(11-17(21)25)23-24(19)16-9-6-12-2-1-3-14(12)10-16;1-2(3)4/h6,9-10,13,15H,1-5,7-8,11,20H2,(H2,21,25);1H3,(H,3,4). The van der Waals surface area contributed by atoms with E-state index < -0.39 is 11.9 Å². The number of nitrogens with zero attached hydrogens (tertiary/aromatic N) is 3. The Morgan fingerprint density at radius 3 is 2.48 bits per heavy atom. The van der Waals surface area contributed by atoms with Crippen LogP contribution in [0.1, 0.15) is 67.7 Å². The topological polar surface area (TPSA) is 137 Å². The number of amides is 1. The quantitative estimate of drug-likeness (QED) is 0.717. The normalized spacial score (nSPS) is 20.5. The minimum absolute atomic E-state index is 0.0805. The number of carboxylic acid groups (broad SMARTS) is 1. The Morgan fingerprint density at radius 2 is 1.83 bits per heavy atom. The molecule has 1 saturated carbocycles. The Hall–Kier alpha value is -2.74. The zero-order valence-electron chi connectivity index (χ0n) is 16.8. The highest BCUT2D eigenvalue weighted by Crippen LogP contribution is 2.33. The van der Waals surface area contributed by atoms with Gasteiger partial charge in [0.1, 0.15) is 5.82 Å². The molecule has 29 heavy (non-hydrogen) atoms. The molecule has 156 valence electrons. The Kier molecular flexibility index (Phi) is 6.64. The van der Waals surface area contributed by atoms with Crippen LogP contribution in [0.15, 0.2) is 18.2 Å². The summed E-state index contributed by atoms with van der Waals surface area (Å²) in [4.78, 5) is 25.0. The Bertz CT molecular complexity index is 880. The molecule has 0 aliphatic heterocycles. The maximum Gasteiger partial charge on any atom is 0.300 e. The lowest BCUT2D eigenvalue weighted by atomic mass is 9.86. The van der Waals surface area contributed by atoms with Crippen molar-refractivity contribution in [3.8, 4) is 5.69 Å². The smallest absolute Gasteiger partial charge is 0.300 e. The number of nitrogens with two attached hydrogens (primary N) is 2. The number of rotatable bonds is 4. The van der Waals surface area contributed by atoms with E-state index in [-0.39, 0.29) is 12.5 Å². The molecule has 1 aromatic heterocycles. The van der Waals surface area contributed by atoms with Gasteiger partial charge in [-0.2, -0.15) is 5.10 Å². The molecule has 2 aliphatic rings. The number of carbonyl (C=O) groups excluding carboxylic acids is 1. The van der Waals surface area contributed by atoms with Crippen LogP contribution in [0.2, 0.25) is 0 Å². The fraction of sp³-hybridized carbons (Fsp3) is 0.524. The number of primary amides is 1. The fourth-order valence-electron chi connectivity index (χ4n) is 4.12. The lowest BCUT2D eigenvalue weighted by Crippen LogP contribution is -2.26. The van der Waals surface area contributed by atoms with E-state index in [1.54, 1.807) is 0 Å². The summed E-state index contributed by atoms with van der Waals surface area (Å²) in [7, 11) is 0. The minimum Gasteiger partial charge on any atom is -0.481 e. The third-order valence-corrected chi connectivity index (χ3v) is 5.47. The third-order valence-electron chi connectivity index (χ3n) is 5.47. The van der Waals surface area contributed by atoms with Crippen LogP contribution in [0.25, 0.3) is 5.69 Å². The molecular weight excluding hydrogens is 370 g/mol. The summed E-state index contributed by atoms with van der Waals surface area (Å²) in [6.07, 6.45) is 7.63. The van der Waals surface area contributed by atoms with E-state index in [4.69, 9.17) is 21.4 Å². The van der Waals surface area contributed by atoms with Crippen molar-refractivity contribution in [3.05, 3.63) is 41.0 Å². The van der Waals surface area contributed by atoms with E-state index in [0.29, 0.717) is 11.7 Å². The molecule has 8 heteroatoms. The first-order valence-corrected chi connectivity index (χ1v) is 10.1. The maximum atomic E-state index is 11.3. The lowest BCUT2D eigenvalue weighted by molar-refractivity contribution is -0.134. The minimum atomic E-state index is -0.833. The molecule has 5 N–H and O–H groups in total. The van der Waals surface area contributed by atoms with Crippen molar-refractivity contribution in [2.75, 3.05) is 0 Å². The van der Waals surface area contributed by atoms with E-state index in [9.17, 15) is 4.79 Å². The first-order chi connectivity index (χ1) is 13.8. The highest BCUT2D eigenvalue weighted by atomic mass is 16.4. The Morgan fingerprint density at radius 1 is 1.17 bits per heavy atom. The maximum absolute atomic E-state index is 11.3. The molecule has 0 radical (unpaired) electrons. The van der Waals surface area contributed by atoms with Crippen LogP contribution in [0.4, 0.5) is 0 Å². The first-order valence-electron chi connectivity index (χ1n) is 10.1. The van der Waals surface area contributed by atoms with Gasteiger partial charge in [0.05, 0.1) is 12.1 Å². The molecule has 0 spiro atoms. The van der Waals surface area contributed by atoms with Gasteiger partial charge < -0.3 is 16.6 Å². The molecule has 0 bridgehead atoms. The number of hydrogen-bond acceptors (Lipinski definition) is 5. The molecule has 2 aromatic rings. The van der Waals surface area contributed by atoms with Crippen LogP contribution < -0.4 is 11.5 Å². The summed E-state index contributed by atoms with van der Waals surface area (Å²) in [5.41, 5.74) is 15.3. The van der Waals surface area contributed by atoms with Gasteiger partial charge in [-0.15, -0.1) is 0 Å². The van der Waals surface area contributed by atoms with Crippen LogP contribution in [0.5, 0.6) is 0 Å². The molecule has 1 aromatic carbocycles. The lowest BCUT2D eigenvalue weighted by Gasteiger charge is -2.25. The average molecular weight is 399 g/mol. The van der Waals surface area contributed by atoms with Crippen molar-refractivity contribution in [1.82, 2.24) is 14.8 Å². The predicted octanol–water partition coefficient (Wildman–Crippen LogP) is 1.86. The van der Waals surface area contributed by atoms with E-state index in [1.807, 2.05) is 4.68 Å². The Balaban J connectivity index is 0.000000552. The van der Waals surface area contributed by atoms with Crippen LogP contribution in [0.3, 0.4) is 0 Å². The van der Waals surface area contributed by atoms with Gasteiger partial charge in [0.15, 0.2) is 5.82 Å². The summed E-state index contributed by atoms with van der Waals surface area (Å²) in [5.74, 6) is 0.560. The first kappa shape index (κ1) is 21.0. The van der Waals surface area contributed by atoms with Gasteiger partial charge in [-0.1, -0.05) is 6.07 Å². The second kappa shape index (κ2) is 9.17. The number of hydrogen-bond donors (Lipinski definition) is 3. The number of carboxylic acids is 1. The predicted molar refractivity (Wildman–Crippen MR) is 109 cm³/mol. The third kappa shape index (κ3) is 5.41. The second-order valence-corrected chi connectivity index (χ2v) is 7.88. The van der Waals surface area contributed by atoms with Crippen molar-refractivity contribution in [2.45, 2.75) is 70.3 Å². The van der Waals surface area contributed by atoms with Gasteiger partial charge in [0.25, 0.3) is 5.97 Å². The van der Waals surface area contributed by atoms with Crippen LogP contribution in [-0.2, 0) is 28.9 Å². The van der Waals surface area contributed by atoms with Crippen molar-refractivity contribution in [1.29, 1.82) is 0 Å². The van der Waals surface area contributed by atoms with Crippen molar-refractivity contribution < 1.29 is 14.7 Å². The number of aromatic nitrogens is 3. The summed E-state index contributed by atoms with van der Waals surface area (Å²) >= 11 is 0. The van der Waals surface area contributed by atoms with E-state index in [0.717, 1.165) is 57.0 Å². The second-order valence-electron chi connectivity index (χ2n) is 7.88. The van der Waals surface area contributed by atoms with Crippen LogP contribution >= 0.6 is 0 Å². The van der Waals surface area contributed by atoms with Crippen molar-refractivity contribution in [2.24, 2.45) is 11.5 Å². The largest absolute Gasteiger partial charge is 0.481 e. The molecule has 1 amide bonds. The molecule has 0 saturated heterocycles. The van der Waals surface area contributed by atoms with Gasteiger partial charge in [-0.25, -0.2) is 9.67 Å². The molecule has 4 rings (SSSR count). The average Bonchev–Trinajstić information content (AvgIpc) is 3.27. The van der Waals surface area contributed by atoms with Gasteiger partial charge in [0.2, 0.25) is 5.91 Å². The monoisotopic (exact) mass is 399 g/mol. The number of benzene rings is 1. The van der Waals surface area contributed by atoms with Crippen molar-refractivity contribution in [3.63, 3.8) is 0 Å². The van der Waals surface area contributed by atoms with Crippen molar-refractivity contribution >= 4 is 11.9 Å². The number of carbonyl (C=O) groups is 2. The highest BCUT2D eigenvalue weighted by molar-refractivity contribution is 5.75. The van der Waals surface area contributed by atoms with Gasteiger partial charge >= 0.3 is 0 Å². The molecule has 0 atom stereocenters. The summed E-state index contributed by atoms with van der Waals surface area (Å²) < 4.78 is 1.93. The van der Waals surface area contributed by atoms with E-state index in [2.05, 4.69) is 28.3 Å². The molecular formula is C21H29N5O3. The van der Waals surface area contributed by atoms with E-state index >= 15 is 0 Å². The number of aryl methyl sites for hydroxylation is 2. The number of fused-ring (bicyclic) bond motifs is 1. The molecule has 1 heterocycles. The summed E-state index contributed by atoms with van der Waals surface area (Å²) in [5, 5.41) is 12.0. The fourth-order valence-corrected chi connectivity index (χ4v) is 4.12. The zero-order valence-corrected chi connectivity index (χ0v) is 16.8. The van der Waals surface area contributed by atoms with Gasteiger partial charge in [-0.3, -0.25) is 9.59 Å². The Labute approximate surface area is 170 Å². The van der Waals surface area contributed by atoms with Crippen LogP contribution in [-0.4, -0.2) is 37.8 Å². The molecule has 2 aliphatic carbocycles. The SMILES string of the molecule is CC(=O)O.NC(=O)Cc1nc(C2CCC(N)CC2)n(-c2ccc3c(c2)CCC3)n1. The van der Waals surface area contributed by atoms with E-state index in [1.165, 1.54) is 17.5 Å². The summed E-state index contributed by atoms with van der Waals surface area (Å²) in [6, 6.07) is 6.83. The highest BCUT2D eigenvalue weighted by Gasteiger charge is 2.26. The zero-order chi connectivity index (χ0) is 21.0. The molecule has 8 nitrogen and oxygen atoms in total. The van der Waals surface area contributed by atoms with Crippen LogP contribution in [0, 0.1) is 0 Å². The van der Waals surface area contributed by atoms with Gasteiger partial charge in [-0.05, 0) is 68.2 Å². The molecule has 1 fully saturated rings. The number of aliphatic carboxylic acids is 1.